The van der Waals surface area contributed by atoms with Gasteiger partial charge < -0.3 is 58.7 Å². The maximum Gasteiger partial charge on any atom is 0.326 e. The lowest BCUT2D eigenvalue weighted by atomic mass is 9.95. The number of primary amides is 1. The number of hydrogen-bond acceptors (Lipinski definition) is 11. The molecule has 2 unspecified atom stereocenters. The minimum atomic E-state index is -1.51. The quantitative estimate of drug-likeness (QED) is 0.0503. The van der Waals surface area contributed by atoms with Crippen LogP contribution in [0.15, 0.2) is 30.3 Å². The van der Waals surface area contributed by atoms with Crippen LogP contribution in [0.3, 0.4) is 0 Å². The second-order valence-corrected chi connectivity index (χ2v) is 15.6. The summed E-state index contributed by atoms with van der Waals surface area (Å²) < 4.78 is 0. The highest BCUT2D eigenvalue weighted by Gasteiger charge is 2.34. The lowest BCUT2D eigenvalue weighted by Gasteiger charge is -2.29. The van der Waals surface area contributed by atoms with Crippen molar-refractivity contribution in [1.82, 2.24) is 31.9 Å². The summed E-state index contributed by atoms with van der Waals surface area (Å²) in [5, 5.41) is 44.8. The molecule has 20 heteroatoms. The van der Waals surface area contributed by atoms with Crippen molar-refractivity contribution in [2.24, 2.45) is 29.2 Å². The van der Waals surface area contributed by atoms with Gasteiger partial charge in [0.15, 0.2) is 0 Å². The Labute approximate surface area is 343 Å². The normalized spacial score (nSPS) is 15.3. The van der Waals surface area contributed by atoms with Gasteiger partial charge in [-0.1, -0.05) is 71.9 Å². The molecule has 0 heterocycles. The molecule has 20 nitrogen and oxygen atoms in total. The van der Waals surface area contributed by atoms with Crippen molar-refractivity contribution >= 4 is 53.3 Å². The molecule has 1 rings (SSSR count). The highest BCUT2D eigenvalue weighted by atomic mass is 16.4. The molecule has 0 aliphatic heterocycles. The topological polar surface area (TPSA) is 339 Å². The molecule has 0 aromatic heterocycles. The zero-order chi connectivity index (χ0) is 45.1. The molecule has 0 aliphatic rings. The SMILES string of the molecule is CC(C)CC(NC(=O)[C@H](CC(N)=O)NC(=O)[C@@H](N)C(C)C)C(O)CC(=O)N[C@H](C(=O)N[C@@H](C)C(=O)N[C@@H](CCC(=O)O)C(=O)N[C@@H](Cc1ccccc1)C(=O)O)C(C)C. The van der Waals surface area contributed by atoms with Crippen LogP contribution in [0.4, 0.5) is 0 Å². The monoisotopic (exact) mass is 834 g/mol. The fourth-order valence-electron chi connectivity index (χ4n) is 5.71. The highest BCUT2D eigenvalue weighted by molar-refractivity contribution is 5.95. The van der Waals surface area contributed by atoms with Crippen LogP contribution < -0.4 is 43.4 Å². The highest BCUT2D eigenvalue weighted by Crippen LogP contribution is 2.14. The van der Waals surface area contributed by atoms with Crippen molar-refractivity contribution in [2.45, 2.75) is 135 Å². The average Bonchev–Trinajstić information content (AvgIpc) is 3.13. The van der Waals surface area contributed by atoms with Gasteiger partial charge in [-0.2, -0.15) is 0 Å². The number of amides is 7. The number of carbonyl (C=O) groups is 9. The van der Waals surface area contributed by atoms with Crippen molar-refractivity contribution < 1.29 is 58.5 Å². The van der Waals surface area contributed by atoms with Crippen LogP contribution in [-0.2, 0) is 49.6 Å². The van der Waals surface area contributed by atoms with Crippen molar-refractivity contribution in [2.75, 3.05) is 0 Å². The maximum absolute atomic E-state index is 13.4. The van der Waals surface area contributed by atoms with Gasteiger partial charge in [0, 0.05) is 12.8 Å². The number of hydrogen-bond donors (Lipinski definition) is 11. The molecule has 0 aliphatic carbocycles. The summed E-state index contributed by atoms with van der Waals surface area (Å²) in [4.78, 5) is 114. The van der Waals surface area contributed by atoms with Gasteiger partial charge in [0.2, 0.25) is 41.4 Å². The van der Waals surface area contributed by atoms with Gasteiger partial charge in [0.1, 0.15) is 30.2 Å². The van der Waals surface area contributed by atoms with E-state index in [1.54, 1.807) is 71.9 Å². The standard InChI is InChI=1S/C39H62N8O12/c1-19(2)15-25(44-36(55)26(17-29(40)49)45-37(56)32(41)20(3)4)28(48)18-30(50)47-33(21(5)6)38(57)42-22(7)34(53)43-24(13-14-31(51)52)35(54)46-27(39(58)59)16-23-11-9-8-10-12-23/h8-12,19-22,24-28,32-33,48H,13-18,41H2,1-7H3,(H2,40,49)(H,42,57)(H,43,53)(H,44,55)(H,45,56)(H,46,54)(H,47,50)(H,51,52)(H,58,59)/t22-,24-,25?,26-,27-,28?,32-,33-/m0/s1. The van der Waals surface area contributed by atoms with E-state index in [1.165, 1.54) is 6.92 Å². The van der Waals surface area contributed by atoms with Crippen molar-refractivity contribution in [3.63, 3.8) is 0 Å². The largest absolute Gasteiger partial charge is 0.481 e. The van der Waals surface area contributed by atoms with Crippen molar-refractivity contribution in [3.05, 3.63) is 35.9 Å². The number of nitrogens with two attached hydrogens (primary N) is 2. The molecule has 0 radical (unpaired) electrons. The molecule has 0 saturated heterocycles. The molecule has 0 fully saturated rings. The molecule has 13 N–H and O–H groups in total. The molecule has 1 aromatic carbocycles. The van der Waals surface area contributed by atoms with Gasteiger partial charge in [-0.3, -0.25) is 38.4 Å². The molecular formula is C39H62N8O12. The number of rotatable bonds is 26. The van der Waals surface area contributed by atoms with E-state index in [1.807, 2.05) is 0 Å². The maximum atomic E-state index is 13.4. The molecule has 8 atom stereocenters. The first kappa shape index (κ1) is 51.4. The zero-order valence-corrected chi connectivity index (χ0v) is 34.7. The van der Waals surface area contributed by atoms with E-state index in [9.17, 15) is 58.5 Å². The zero-order valence-electron chi connectivity index (χ0n) is 34.7. The van der Waals surface area contributed by atoms with Crippen molar-refractivity contribution in [1.29, 1.82) is 0 Å². The van der Waals surface area contributed by atoms with E-state index < -0.39 is 133 Å². The molecule has 330 valence electrons. The molecule has 1 aromatic rings. The summed E-state index contributed by atoms with van der Waals surface area (Å²) in [6.45, 7) is 11.5. The Bertz CT molecular complexity index is 1620. The Morgan fingerprint density at radius 2 is 1.20 bits per heavy atom. The lowest BCUT2D eigenvalue weighted by molar-refractivity contribution is -0.143. The number of aliphatic hydroxyl groups is 1. The summed E-state index contributed by atoms with van der Waals surface area (Å²) in [7, 11) is 0. The van der Waals surface area contributed by atoms with Crippen LogP contribution in [0.25, 0.3) is 0 Å². The van der Waals surface area contributed by atoms with E-state index in [4.69, 9.17) is 11.5 Å². The van der Waals surface area contributed by atoms with Gasteiger partial charge in [0.25, 0.3) is 0 Å². The number of carbonyl (C=O) groups excluding carboxylic acids is 7. The van der Waals surface area contributed by atoms with Gasteiger partial charge in [-0.25, -0.2) is 4.79 Å². The van der Waals surface area contributed by atoms with Crippen LogP contribution in [0.5, 0.6) is 0 Å². The minimum absolute atomic E-state index is 0.0917. The van der Waals surface area contributed by atoms with Crippen molar-refractivity contribution in [3.8, 4) is 0 Å². The first-order valence-corrected chi connectivity index (χ1v) is 19.4. The predicted molar refractivity (Wildman–Crippen MR) is 213 cm³/mol. The first-order valence-electron chi connectivity index (χ1n) is 19.4. The van der Waals surface area contributed by atoms with E-state index in [0.29, 0.717) is 5.56 Å². The van der Waals surface area contributed by atoms with Gasteiger partial charge in [-0.15, -0.1) is 0 Å². The third-order valence-corrected chi connectivity index (χ3v) is 9.17. The summed E-state index contributed by atoms with van der Waals surface area (Å²) in [6, 6.07) is -0.500. The van der Waals surface area contributed by atoms with Gasteiger partial charge in [-0.05, 0) is 43.1 Å². The Hall–Kier alpha value is -5.63. The molecule has 0 bridgehead atoms. The number of nitrogens with one attached hydrogen (secondary N) is 6. The van der Waals surface area contributed by atoms with Crippen LogP contribution in [0.1, 0.15) is 86.1 Å². The number of carboxylic acids is 2. The fourth-order valence-corrected chi connectivity index (χ4v) is 5.71. The van der Waals surface area contributed by atoms with E-state index >= 15 is 0 Å². The predicted octanol–water partition coefficient (Wildman–Crippen LogP) is -1.58. The Balaban J connectivity index is 3.05. The fraction of sp³-hybridized carbons (Fsp3) is 0.615. The van der Waals surface area contributed by atoms with Gasteiger partial charge in [0.05, 0.1) is 31.0 Å². The number of carboxylic acid groups (broad SMARTS) is 2. The van der Waals surface area contributed by atoms with Gasteiger partial charge >= 0.3 is 11.9 Å². The van der Waals surface area contributed by atoms with E-state index in [2.05, 4.69) is 31.9 Å². The summed E-state index contributed by atoms with van der Waals surface area (Å²) in [6.07, 6.45) is -3.55. The smallest absolute Gasteiger partial charge is 0.326 e. The Morgan fingerprint density at radius 1 is 0.644 bits per heavy atom. The molecule has 59 heavy (non-hydrogen) atoms. The average molecular weight is 835 g/mol. The minimum Gasteiger partial charge on any atom is -0.481 e. The summed E-state index contributed by atoms with van der Waals surface area (Å²) >= 11 is 0. The summed E-state index contributed by atoms with van der Waals surface area (Å²) in [5.41, 5.74) is 11.8. The molecule has 0 saturated carbocycles. The first-order chi connectivity index (χ1) is 27.4. The number of benzene rings is 1. The summed E-state index contributed by atoms with van der Waals surface area (Å²) in [5.74, 6) is -9.50. The van der Waals surface area contributed by atoms with Crippen LogP contribution in [0, 0.1) is 17.8 Å². The van der Waals surface area contributed by atoms with E-state index in [0.717, 1.165) is 0 Å². The van der Waals surface area contributed by atoms with E-state index in [-0.39, 0.29) is 24.7 Å². The molecule has 0 spiro atoms. The van der Waals surface area contributed by atoms with Crippen LogP contribution >= 0.6 is 0 Å². The second-order valence-electron chi connectivity index (χ2n) is 15.6. The third kappa shape index (κ3) is 19.1. The second kappa shape index (κ2) is 25.0. The number of aliphatic hydroxyl groups excluding tert-OH is 1. The molecule has 7 amide bonds. The Morgan fingerprint density at radius 3 is 1.71 bits per heavy atom. The van der Waals surface area contributed by atoms with Crippen LogP contribution in [0.2, 0.25) is 0 Å². The third-order valence-electron chi connectivity index (χ3n) is 9.17. The van der Waals surface area contributed by atoms with Crippen LogP contribution in [-0.4, -0.2) is 117 Å². The lowest BCUT2D eigenvalue weighted by Crippen LogP contribution is -2.58. The Kier molecular flexibility index (Phi) is 21.8. The number of aliphatic carboxylic acids is 2. The molecular weight excluding hydrogens is 772 g/mol.